The van der Waals surface area contributed by atoms with Crippen LogP contribution < -0.4 is 0 Å². The molecule has 0 amide bonds. The lowest BCUT2D eigenvalue weighted by Crippen LogP contribution is -2.36. The van der Waals surface area contributed by atoms with Gasteiger partial charge in [0.05, 0.1) is 0 Å². The molecule has 0 unspecified atom stereocenters. The SMILES string of the molecule is Br.C=C(Cc1ccccc1)N(C(C)C)C(C)C. The molecule has 0 aliphatic rings. The molecule has 0 aliphatic heterocycles. The van der Waals surface area contributed by atoms with E-state index >= 15 is 0 Å². The smallest absolute Gasteiger partial charge is 0.0233 e. The molecule has 2 heteroatoms. The maximum absolute atomic E-state index is 4.22. The van der Waals surface area contributed by atoms with Gasteiger partial charge >= 0.3 is 0 Å². The van der Waals surface area contributed by atoms with Crippen molar-refractivity contribution >= 4 is 17.0 Å². The lowest BCUT2D eigenvalue weighted by atomic mass is 10.1. The van der Waals surface area contributed by atoms with Crippen LogP contribution in [0.15, 0.2) is 42.6 Å². The van der Waals surface area contributed by atoms with Crippen molar-refractivity contribution in [2.75, 3.05) is 0 Å². The van der Waals surface area contributed by atoms with Gasteiger partial charge in [-0.15, -0.1) is 17.0 Å². The van der Waals surface area contributed by atoms with Crippen molar-refractivity contribution in [2.45, 2.75) is 46.2 Å². The lowest BCUT2D eigenvalue weighted by molar-refractivity contribution is 0.228. The fourth-order valence-corrected chi connectivity index (χ4v) is 2.25. The van der Waals surface area contributed by atoms with E-state index in [2.05, 4.69) is 69.5 Å². The number of allylic oxidation sites excluding steroid dienone is 1. The number of hydrogen-bond acceptors (Lipinski definition) is 1. The Morgan fingerprint density at radius 2 is 1.53 bits per heavy atom. The Bertz CT molecular complexity index is 322. The molecule has 0 heterocycles. The van der Waals surface area contributed by atoms with Gasteiger partial charge in [-0.05, 0) is 33.3 Å². The van der Waals surface area contributed by atoms with Gasteiger partial charge in [0, 0.05) is 24.2 Å². The highest BCUT2D eigenvalue weighted by atomic mass is 79.9. The van der Waals surface area contributed by atoms with Crippen LogP contribution in [-0.2, 0) is 6.42 Å². The second-order valence-corrected chi connectivity index (χ2v) is 4.82. The highest BCUT2D eigenvalue weighted by molar-refractivity contribution is 8.93. The minimum absolute atomic E-state index is 0. The maximum atomic E-state index is 4.22. The molecule has 96 valence electrons. The average molecular weight is 298 g/mol. The zero-order valence-corrected chi connectivity index (χ0v) is 13.0. The fraction of sp³-hybridized carbons (Fsp3) is 0.467. The van der Waals surface area contributed by atoms with Crippen LogP contribution in [0.3, 0.4) is 0 Å². The number of rotatable bonds is 5. The third-order valence-corrected chi connectivity index (χ3v) is 2.73. The number of benzene rings is 1. The normalized spacial score (nSPS) is 10.2. The van der Waals surface area contributed by atoms with E-state index < -0.39 is 0 Å². The van der Waals surface area contributed by atoms with Gasteiger partial charge in [0.1, 0.15) is 0 Å². The molecule has 0 bridgehead atoms. The minimum Gasteiger partial charge on any atom is -0.370 e. The van der Waals surface area contributed by atoms with E-state index in [-0.39, 0.29) is 17.0 Å². The summed E-state index contributed by atoms with van der Waals surface area (Å²) in [6, 6.07) is 11.5. The lowest BCUT2D eigenvalue weighted by Gasteiger charge is -2.34. The predicted octanol–water partition coefficient (Wildman–Crippen LogP) is 4.44. The van der Waals surface area contributed by atoms with E-state index in [1.165, 1.54) is 11.3 Å². The Balaban J connectivity index is 0.00000256. The molecule has 0 aromatic heterocycles. The largest absolute Gasteiger partial charge is 0.370 e. The first-order chi connectivity index (χ1) is 7.52. The standard InChI is InChI=1S/C15H23N.BrH/c1-12(2)16(13(3)4)14(5)11-15-9-7-6-8-10-15;/h6-10,12-13H,5,11H2,1-4H3;1H. The first-order valence-electron chi connectivity index (χ1n) is 6.02. The zero-order chi connectivity index (χ0) is 12.1. The Labute approximate surface area is 116 Å². The zero-order valence-electron chi connectivity index (χ0n) is 11.3. The van der Waals surface area contributed by atoms with Crippen LogP contribution in [0, 0.1) is 0 Å². The second kappa shape index (κ2) is 7.54. The van der Waals surface area contributed by atoms with Crippen LogP contribution >= 0.6 is 17.0 Å². The van der Waals surface area contributed by atoms with Crippen LogP contribution in [0.25, 0.3) is 0 Å². The van der Waals surface area contributed by atoms with Gasteiger partial charge < -0.3 is 4.90 Å². The average Bonchev–Trinajstić information content (AvgIpc) is 2.17. The maximum Gasteiger partial charge on any atom is 0.0233 e. The van der Waals surface area contributed by atoms with Gasteiger partial charge in [0.2, 0.25) is 0 Å². The molecular formula is C15H24BrN. The molecule has 0 radical (unpaired) electrons. The van der Waals surface area contributed by atoms with Crippen molar-refractivity contribution < 1.29 is 0 Å². The molecule has 0 saturated carbocycles. The van der Waals surface area contributed by atoms with E-state index in [4.69, 9.17) is 0 Å². The van der Waals surface area contributed by atoms with Crippen LogP contribution in [0.1, 0.15) is 33.3 Å². The Kier molecular flexibility index (Phi) is 7.21. The molecule has 1 aromatic carbocycles. The molecule has 0 aliphatic carbocycles. The number of hydrogen-bond donors (Lipinski definition) is 0. The highest BCUT2D eigenvalue weighted by Gasteiger charge is 2.14. The summed E-state index contributed by atoms with van der Waals surface area (Å²) in [4.78, 5) is 2.38. The summed E-state index contributed by atoms with van der Waals surface area (Å²) in [5, 5.41) is 0. The van der Waals surface area contributed by atoms with E-state index in [1.807, 2.05) is 0 Å². The van der Waals surface area contributed by atoms with Crippen LogP contribution in [0.5, 0.6) is 0 Å². The summed E-state index contributed by atoms with van der Waals surface area (Å²) in [5.74, 6) is 0. The van der Waals surface area contributed by atoms with Crippen LogP contribution in [0.2, 0.25) is 0 Å². The fourth-order valence-electron chi connectivity index (χ4n) is 2.25. The number of halogens is 1. The van der Waals surface area contributed by atoms with Crippen LogP contribution in [0.4, 0.5) is 0 Å². The summed E-state index contributed by atoms with van der Waals surface area (Å²) in [7, 11) is 0. The summed E-state index contributed by atoms with van der Waals surface area (Å²) in [5.41, 5.74) is 2.54. The first-order valence-corrected chi connectivity index (χ1v) is 6.02. The van der Waals surface area contributed by atoms with Gasteiger partial charge in [-0.3, -0.25) is 0 Å². The van der Waals surface area contributed by atoms with E-state index in [1.54, 1.807) is 0 Å². The van der Waals surface area contributed by atoms with Crippen molar-refractivity contribution in [3.63, 3.8) is 0 Å². The molecule has 0 saturated heterocycles. The third-order valence-electron chi connectivity index (χ3n) is 2.73. The van der Waals surface area contributed by atoms with Gasteiger partial charge in [-0.1, -0.05) is 36.9 Å². The molecule has 1 rings (SSSR count). The van der Waals surface area contributed by atoms with E-state index in [0.717, 1.165) is 6.42 Å². The summed E-state index contributed by atoms with van der Waals surface area (Å²) < 4.78 is 0. The molecule has 0 spiro atoms. The predicted molar refractivity (Wildman–Crippen MR) is 81.7 cm³/mol. The van der Waals surface area contributed by atoms with Gasteiger partial charge in [-0.25, -0.2) is 0 Å². The quantitative estimate of drug-likeness (QED) is 0.777. The van der Waals surface area contributed by atoms with E-state index in [9.17, 15) is 0 Å². The molecule has 0 N–H and O–H groups in total. The highest BCUT2D eigenvalue weighted by Crippen LogP contribution is 2.16. The first kappa shape index (κ1) is 16.2. The van der Waals surface area contributed by atoms with Crippen molar-refractivity contribution in [1.29, 1.82) is 0 Å². The topological polar surface area (TPSA) is 3.24 Å². The number of nitrogens with zero attached hydrogens (tertiary/aromatic N) is 1. The van der Waals surface area contributed by atoms with E-state index in [0.29, 0.717) is 12.1 Å². The Morgan fingerprint density at radius 1 is 1.06 bits per heavy atom. The van der Waals surface area contributed by atoms with Crippen molar-refractivity contribution in [3.05, 3.63) is 48.2 Å². The van der Waals surface area contributed by atoms with Crippen LogP contribution in [-0.4, -0.2) is 17.0 Å². The molecule has 17 heavy (non-hydrogen) atoms. The molecule has 1 nitrogen and oxygen atoms in total. The summed E-state index contributed by atoms with van der Waals surface area (Å²) in [6.45, 7) is 13.1. The summed E-state index contributed by atoms with van der Waals surface area (Å²) >= 11 is 0. The monoisotopic (exact) mass is 297 g/mol. The van der Waals surface area contributed by atoms with Crippen molar-refractivity contribution in [2.24, 2.45) is 0 Å². The second-order valence-electron chi connectivity index (χ2n) is 4.82. The Hall–Kier alpha value is -0.760. The molecular weight excluding hydrogens is 274 g/mol. The van der Waals surface area contributed by atoms with Gasteiger partial charge in [0.15, 0.2) is 0 Å². The van der Waals surface area contributed by atoms with Crippen molar-refractivity contribution in [3.8, 4) is 0 Å². The van der Waals surface area contributed by atoms with Gasteiger partial charge in [0.25, 0.3) is 0 Å². The molecule has 1 aromatic rings. The minimum atomic E-state index is 0. The van der Waals surface area contributed by atoms with Gasteiger partial charge in [-0.2, -0.15) is 0 Å². The molecule has 0 fully saturated rings. The molecule has 0 atom stereocenters. The Morgan fingerprint density at radius 3 is 1.94 bits per heavy atom. The summed E-state index contributed by atoms with van der Waals surface area (Å²) in [6.07, 6.45) is 0.942. The van der Waals surface area contributed by atoms with Crippen molar-refractivity contribution in [1.82, 2.24) is 4.90 Å². The third kappa shape index (κ3) is 4.95.